The summed E-state index contributed by atoms with van der Waals surface area (Å²) in [6.07, 6.45) is 3.31. The summed E-state index contributed by atoms with van der Waals surface area (Å²) in [5.41, 5.74) is 8.14. The molecule has 1 rings (SSSR count). The van der Waals surface area contributed by atoms with Crippen molar-refractivity contribution in [1.82, 2.24) is 0 Å². The van der Waals surface area contributed by atoms with Crippen LogP contribution in [-0.2, 0) is 0 Å². The zero-order valence-corrected chi connectivity index (χ0v) is 10.5. The summed E-state index contributed by atoms with van der Waals surface area (Å²) >= 11 is 0. The van der Waals surface area contributed by atoms with Gasteiger partial charge in [0.05, 0.1) is 0 Å². The fourth-order valence-corrected chi connectivity index (χ4v) is 1.96. The standard InChI is InChI=1S/C14H22FN/c1-10(2)5-4-6-14(16)13-8-7-12(15)9-11(13)3/h7-10,14H,4-6,16H2,1-3H3. The number of halogens is 1. The van der Waals surface area contributed by atoms with Crippen LogP contribution in [0.3, 0.4) is 0 Å². The molecule has 1 aromatic carbocycles. The van der Waals surface area contributed by atoms with Gasteiger partial charge in [0.15, 0.2) is 0 Å². The van der Waals surface area contributed by atoms with E-state index in [2.05, 4.69) is 13.8 Å². The van der Waals surface area contributed by atoms with E-state index in [4.69, 9.17) is 5.73 Å². The quantitative estimate of drug-likeness (QED) is 0.803. The number of hydrogen-bond acceptors (Lipinski definition) is 1. The first-order valence-electron chi connectivity index (χ1n) is 6.02. The molecule has 1 unspecified atom stereocenters. The highest BCUT2D eigenvalue weighted by Gasteiger charge is 2.09. The Morgan fingerprint density at radius 1 is 1.25 bits per heavy atom. The topological polar surface area (TPSA) is 26.0 Å². The van der Waals surface area contributed by atoms with Crippen molar-refractivity contribution in [2.45, 2.75) is 46.1 Å². The number of aryl methyl sites for hydroxylation is 1. The fourth-order valence-electron chi connectivity index (χ4n) is 1.96. The van der Waals surface area contributed by atoms with Crippen molar-refractivity contribution in [2.75, 3.05) is 0 Å². The van der Waals surface area contributed by atoms with Gasteiger partial charge in [-0.15, -0.1) is 0 Å². The maximum Gasteiger partial charge on any atom is 0.123 e. The molecule has 2 N–H and O–H groups in total. The molecule has 0 aliphatic rings. The van der Waals surface area contributed by atoms with Gasteiger partial charge in [0, 0.05) is 6.04 Å². The highest BCUT2D eigenvalue weighted by molar-refractivity contribution is 5.29. The normalized spacial score (nSPS) is 13.1. The molecule has 1 nitrogen and oxygen atoms in total. The minimum Gasteiger partial charge on any atom is -0.324 e. The Morgan fingerprint density at radius 3 is 2.50 bits per heavy atom. The molecule has 0 aliphatic heterocycles. The lowest BCUT2D eigenvalue weighted by Crippen LogP contribution is -2.12. The molecular formula is C14H22FN. The SMILES string of the molecule is Cc1cc(F)ccc1C(N)CCCC(C)C. The van der Waals surface area contributed by atoms with Gasteiger partial charge < -0.3 is 5.73 Å². The maximum absolute atomic E-state index is 12.9. The van der Waals surface area contributed by atoms with E-state index >= 15 is 0 Å². The molecule has 0 saturated carbocycles. The van der Waals surface area contributed by atoms with Crippen LogP contribution in [0.1, 0.15) is 50.3 Å². The zero-order valence-electron chi connectivity index (χ0n) is 10.5. The van der Waals surface area contributed by atoms with Crippen LogP contribution in [0.2, 0.25) is 0 Å². The Hall–Kier alpha value is -0.890. The predicted octanol–water partition coefficient (Wildman–Crippen LogP) is 3.96. The van der Waals surface area contributed by atoms with Crippen LogP contribution in [0.4, 0.5) is 4.39 Å². The van der Waals surface area contributed by atoms with E-state index in [1.165, 1.54) is 12.5 Å². The molecule has 0 fully saturated rings. The van der Waals surface area contributed by atoms with E-state index < -0.39 is 0 Å². The van der Waals surface area contributed by atoms with Crippen molar-refractivity contribution in [3.8, 4) is 0 Å². The lowest BCUT2D eigenvalue weighted by Gasteiger charge is -2.15. The summed E-state index contributed by atoms with van der Waals surface area (Å²) in [7, 11) is 0. The third-order valence-electron chi connectivity index (χ3n) is 2.93. The van der Waals surface area contributed by atoms with Crippen LogP contribution in [0.25, 0.3) is 0 Å². The van der Waals surface area contributed by atoms with Crippen LogP contribution in [-0.4, -0.2) is 0 Å². The van der Waals surface area contributed by atoms with Crippen molar-refractivity contribution in [2.24, 2.45) is 11.7 Å². The Morgan fingerprint density at radius 2 is 1.94 bits per heavy atom. The van der Waals surface area contributed by atoms with Crippen LogP contribution in [0.15, 0.2) is 18.2 Å². The van der Waals surface area contributed by atoms with E-state index in [0.717, 1.165) is 29.9 Å². The molecule has 0 spiro atoms. The zero-order chi connectivity index (χ0) is 12.1. The van der Waals surface area contributed by atoms with E-state index in [1.807, 2.05) is 13.0 Å². The molecule has 0 radical (unpaired) electrons. The summed E-state index contributed by atoms with van der Waals surface area (Å²) in [5.74, 6) is 0.539. The van der Waals surface area contributed by atoms with Gasteiger partial charge in [-0.1, -0.05) is 32.8 Å². The number of rotatable bonds is 5. The predicted molar refractivity (Wildman–Crippen MR) is 66.8 cm³/mol. The van der Waals surface area contributed by atoms with E-state index in [0.29, 0.717) is 0 Å². The summed E-state index contributed by atoms with van der Waals surface area (Å²) in [6.45, 7) is 6.35. The minimum atomic E-state index is -0.185. The largest absolute Gasteiger partial charge is 0.324 e. The van der Waals surface area contributed by atoms with Crippen LogP contribution in [0, 0.1) is 18.7 Å². The molecule has 0 bridgehead atoms. The molecule has 0 amide bonds. The van der Waals surface area contributed by atoms with Crippen LogP contribution in [0.5, 0.6) is 0 Å². The third-order valence-corrected chi connectivity index (χ3v) is 2.93. The van der Waals surface area contributed by atoms with Gasteiger partial charge in [0.1, 0.15) is 5.82 Å². The maximum atomic E-state index is 12.9. The lowest BCUT2D eigenvalue weighted by atomic mass is 9.96. The monoisotopic (exact) mass is 223 g/mol. The Bertz CT molecular complexity index is 334. The third kappa shape index (κ3) is 3.93. The average Bonchev–Trinajstić information content (AvgIpc) is 2.16. The lowest BCUT2D eigenvalue weighted by molar-refractivity contribution is 0.504. The number of nitrogens with two attached hydrogens (primary N) is 1. The van der Waals surface area contributed by atoms with E-state index in [1.54, 1.807) is 6.07 Å². The summed E-state index contributed by atoms with van der Waals surface area (Å²) in [5, 5.41) is 0. The van der Waals surface area contributed by atoms with Crippen molar-refractivity contribution in [3.63, 3.8) is 0 Å². The van der Waals surface area contributed by atoms with E-state index in [-0.39, 0.29) is 11.9 Å². The van der Waals surface area contributed by atoms with Gasteiger partial charge in [-0.2, -0.15) is 0 Å². The van der Waals surface area contributed by atoms with Crippen LogP contribution >= 0.6 is 0 Å². The molecule has 0 heterocycles. The number of benzene rings is 1. The number of hydrogen-bond donors (Lipinski definition) is 1. The van der Waals surface area contributed by atoms with Gasteiger partial charge in [0.2, 0.25) is 0 Å². The molecule has 1 atom stereocenters. The first kappa shape index (κ1) is 13.2. The minimum absolute atomic E-state index is 0.0411. The summed E-state index contributed by atoms with van der Waals surface area (Å²) in [6, 6.07) is 4.90. The van der Waals surface area contributed by atoms with Gasteiger partial charge in [-0.3, -0.25) is 0 Å². The Labute approximate surface area is 97.9 Å². The molecule has 0 aliphatic carbocycles. The Balaban J connectivity index is 2.55. The molecule has 0 saturated heterocycles. The highest BCUT2D eigenvalue weighted by Crippen LogP contribution is 2.22. The van der Waals surface area contributed by atoms with Crippen molar-refractivity contribution >= 4 is 0 Å². The summed E-state index contributed by atoms with van der Waals surface area (Å²) in [4.78, 5) is 0. The van der Waals surface area contributed by atoms with Gasteiger partial charge >= 0.3 is 0 Å². The van der Waals surface area contributed by atoms with Gasteiger partial charge in [-0.25, -0.2) is 4.39 Å². The fraction of sp³-hybridized carbons (Fsp3) is 0.571. The smallest absolute Gasteiger partial charge is 0.123 e. The molecule has 16 heavy (non-hydrogen) atoms. The molecule has 90 valence electrons. The molecule has 0 aromatic heterocycles. The van der Waals surface area contributed by atoms with E-state index in [9.17, 15) is 4.39 Å². The molecular weight excluding hydrogens is 201 g/mol. The first-order valence-corrected chi connectivity index (χ1v) is 6.02. The summed E-state index contributed by atoms with van der Waals surface area (Å²) < 4.78 is 12.9. The molecule has 1 aromatic rings. The first-order chi connectivity index (χ1) is 7.50. The second-order valence-corrected chi connectivity index (χ2v) is 4.93. The second kappa shape index (κ2) is 6.00. The van der Waals surface area contributed by atoms with Crippen molar-refractivity contribution < 1.29 is 4.39 Å². The van der Waals surface area contributed by atoms with Crippen LogP contribution < -0.4 is 5.73 Å². The van der Waals surface area contributed by atoms with Crippen molar-refractivity contribution in [1.29, 1.82) is 0 Å². The van der Waals surface area contributed by atoms with Gasteiger partial charge in [-0.05, 0) is 42.5 Å². The molecule has 2 heteroatoms. The second-order valence-electron chi connectivity index (χ2n) is 4.93. The average molecular weight is 223 g/mol. The van der Waals surface area contributed by atoms with Crippen molar-refractivity contribution in [3.05, 3.63) is 35.1 Å². The highest BCUT2D eigenvalue weighted by atomic mass is 19.1. The van der Waals surface area contributed by atoms with Gasteiger partial charge in [0.25, 0.3) is 0 Å². The Kier molecular flexibility index (Phi) is 4.94.